The molecule has 6 heteroatoms. The minimum Gasteiger partial charge on any atom is -0.334 e. The molecule has 0 aliphatic carbocycles. The summed E-state index contributed by atoms with van der Waals surface area (Å²) in [6.07, 6.45) is 0. The molecule has 1 aliphatic rings. The van der Waals surface area contributed by atoms with E-state index in [-0.39, 0.29) is 11.6 Å². The molecule has 0 aromatic heterocycles. The van der Waals surface area contributed by atoms with Gasteiger partial charge in [0.2, 0.25) is 0 Å². The standard InChI is InChI=1S/C20H15N3O3/c24-18-16-9-8-14(10-17(16)19(25)23-18)22-20(26)21-11-13-6-3-5-12-4-1-2-7-15(12)13/h1-10H,11H2,(H2,21,22,26)(H,23,24,25). The number of hydrogen-bond donors (Lipinski definition) is 3. The lowest BCUT2D eigenvalue weighted by Crippen LogP contribution is -2.28. The first-order chi connectivity index (χ1) is 12.6. The molecule has 6 nitrogen and oxygen atoms in total. The van der Waals surface area contributed by atoms with E-state index >= 15 is 0 Å². The predicted octanol–water partition coefficient (Wildman–Crippen LogP) is 3.05. The summed E-state index contributed by atoms with van der Waals surface area (Å²) < 4.78 is 0. The van der Waals surface area contributed by atoms with Crippen molar-refractivity contribution in [2.24, 2.45) is 0 Å². The van der Waals surface area contributed by atoms with Crippen molar-refractivity contribution in [1.29, 1.82) is 0 Å². The third-order valence-electron chi connectivity index (χ3n) is 4.31. The van der Waals surface area contributed by atoms with Crippen LogP contribution in [0.2, 0.25) is 0 Å². The Balaban J connectivity index is 1.46. The monoisotopic (exact) mass is 345 g/mol. The molecule has 3 aromatic rings. The van der Waals surface area contributed by atoms with Crippen LogP contribution in [0.4, 0.5) is 10.5 Å². The summed E-state index contributed by atoms with van der Waals surface area (Å²) in [6, 6.07) is 18.1. The van der Waals surface area contributed by atoms with Crippen molar-refractivity contribution in [3.63, 3.8) is 0 Å². The fourth-order valence-electron chi connectivity index (χ4n) is 3.04. The summed E-state index contributed by atoms with van der Waals surface area (Å²) in [6.45, 7) is 0.372. The highest BCUT2D eigenvalue weighted by Gasteiger charge is 2.26. The van der Waals surface area contributed by atoms with E-state index in [9.17, 15) is 14.4 Å². The Morgan fingerprint density at radius 2 is 1.65 bits per heavy atom. The van der Waals surface area contributed by atoms with Gasteiger partial charge in [0.1, 0.15) is 0 Å². The predicted molar refractivity (Wildman–Crippen MR) is 98.0 cm³/mol. The second-order valence-corrected chi connectivity index (χ2v) is 5.99. The van der Waals surface area contributed by atoms with Gasteiger partial charge in [-0.3, -0.25) is 14.9 Å². The third-order valence-corrected chi connectivity index (χ3v) is 4.31. The van der Waals surface area contributed by atoms with Crippen molar-refractivity contribution in [3.8, 4) is 0 Å². The molecule has 3 N–H and O–H groups in total. The van der Waals surface area contributed by atoms with Crippen LogP contribution < -0.4 is 16.0 Å². The summed E-state index contributed by atoms with van der Waals surface area (Å²) in [7, 11) is 0. The maximum absolute atomic E-state index is 12.2. The Morgan fingerprint density at radius 3 is 2.54 bits per heavy atom. The number of carbonyl (C=O) groups is 3. The number of hydrogen-bond acceptors (Lipinski definition) is 3. The molecule has 1 heterocycles. The highest BCUT2D eigenvalue weighted by molar-refractivity contribution is 6.22. The van der Waals surface area contributed by atoms with Crippen molar-refractivity contribution in [1.82, 2.24) is 10.6 Å². The number of imide groups is 1. The largest absolute Gasteiger partial charge is 0.334 e. The lowest BCUT2D eigenvalue weighted by atomic mass is 10.0. The summed E-state index contributed by atoms with van der Waals surface area (Å²) in [5.74, 6) is -0.873. The van der Waals surface area contributed by atoms with E-state index in [1.54, 1.807) is 6.07 Å². The van der Waals surface area contributed by atoms with Crippen LogP contribution in [0.15, 0.2) is 60.7 Å². The topological polar surface area (TPSA) is 87.3 Å². The molecule has 4 rings (SSSR count). The van der Waals surface area contributed by atoms with Gasteiger partial charge in [0, 0.05) is 12.2 Å². The van der Waals surface area contributed by atoms with Crippen LogP contribution in [0, 0.1) is 0 Å². The van der Waals surface area contributed by atoms with E-state index in [1.807, 2.05) is 42.5 Å². The molecule has 0 unspecified atom stereocenters. The number of fused-ring (bicyclic) bond motifs is 2. The molecule has 0 fully saturated rings. The van der Waals surface area contributed by atoms with Crippen molar-refractivity contribution < 1.29 is 14.4 Å². The van der Waals surface area contributed by atoms with Gasteiger partial charge in [-0.25, -0.2) is 4.79 Å². The third kappa shape index (κ3) is 2.88. The lowest BCUT2D eigenvalue weighted by Gasteiger charge is -2.10. The van der Waals surface area contributed by atoms with E-state index in [0.717, 1.165) is 16.3 Å². The van der Waals surface area contributed by atoms with Gasteiger partial charge < -0.3 is 10.6 Å². The Kier molecular flexibility index (Phi) is 3.85. The van der Waals surface area contributed by atoms with Crippen LogP contribution in [0.1, 0.15) is 26.3 Å². The number of carbonyl (C=O) groups excluding carboxylic acids is 3. The van der Waals surface area contributed by atoms with Crippen molar-refractivity contribution >= 4 is 34.3 Å². The van der Waals surface area contributed by atoms with E-state index in [2.05, 4.69) is 16.0 Å². The van der Waals surface area contributed by atoms with Gasteiger partial charge in [0.25, 0.3) is 11.8 Å². The number of benzene rings is 3. The minimum atomic E-state index is -0.454. The van der Waals surface area contributed by atoms with Crippen LogP contribution in [0.25, 0.3) is 10.8 Å². The number of nitrogens with one attached hydrogen (secondary N) is 3. The van der Waals surface area contributed by atoms with Crippen molar-refractivity contribution in [2.45, 2.75) is 6.54 Å². The van der Waals surface area contributed by atoms with Gasteiger partial charge in [0.05, 0.1) is 11.1 Å². The van der Waals surface area contributed by atoms with Gasteiger partial charge in [0.15, 0.2) is 0 Å². The normalized spacial score (nSPS) is 12.6. The van der Waals surface area contributed by atoms with Crippen LogP contribution in [0.3, 0.4) is 0 Å². The first-order valence-corrected chi connectivity index (χ1v) is 8.13. The molecule has 3 aromatic carbocycles. The summed E-state index contributed by atoms with van der Waals surface area (Å²) in [4.78, 5) is 35.4. The van der Waals surface area contributed by atoms with Crippen LogP contribution >= 0.6 is 0 Å². The molecule has 128 valence electrons. The fourth-order valence-corrected chi connectivity index (χ4v) is 3.04. The zero-order valence-electron chi connectivity index (χ0n) is 13.7. The maximum atomic E-state index is 12.2. The summed E-state index contributed by atoms with van der Waals surface area (Å²) in [5.41, 5.74) is 2.04. The first-order valence-electron chi connectivity index (χ1n) is 8.13. The van der Waals surface area contributed by atoms with Crippen LogP contribution in [-0.4, -0.2) is 17.8 Å². The summed E-state index contributed by atoms with van der Waals surface area (Å²) >= 11 is 0. The van der Waals surface area contributed by atoms with Gasteiger partial charge in [-0.05, 0) is 34.5 Å². The highest BCUT2D eigenvalue weighted by atomic mass is 16.2. The molecule has 0 bridgehead atoms. The van der Waals surface area contributed by atoms with Gasteiger partial charge in [-0.1, -0.05) is 42.5 Å². The molecular formula is C20H15N3O3. The quantitative estimate of drug-likeness (QED) is 0.638. The molecule has 1 aliphatic heterocycles. The smallest absolute Gasteiger partial charge is 0.319 e. The number of anilines is 1. The summed E-state index contributed by atoms with van der Waals surface area (Å²) in [5, 5.41) is 9.91. The SMILES string of the molecule is O=C(NCc1cccc2ccccc12)Nc1ccc2c(c1)C(=O)NC2=O. The molecular weight excluding hydrogens is 330 g/mol. The second kappa shape index (κ2) is 6.33. The van der Waals surface area contributed by atoms with Crippen molar-refractivity contribution in [3.05, 3.63) is 77.4 Å². The van der Waals surface area contributed by atoms with Crippen LogP contribution in [-0.2, 0) is 6.54 Å². The Hall–Kier alpha value is -3.67. The zero-order valence-corrected chi connectivity index (χ0v) is 13.7. The van der Waals surface area contributed by atoms with Crippen LogP contribution in [0.5, 0.6) is 0 Å². The number of urea groups is 1. The molecule has 0 atom stereocenters. The fraction of sp³-hybridized carbons (Fsp3) is 0.0500. The van der Waals surface area contributed by atoms with E-state index in [0.29, 0.717) is 17.8 Å². The molecule has 0 saturated carbocycles. The molecule has 0 saturated heterocycles. The highest BCUT2D eigenvalue weighted by Crippen LogP contribution is 2.21. The van der Waals surface area contributed by atoms with E-state index in [4.69, 9.17) is 0 Å². The molecule has 0 spiro atoms. The Bertz CT molecular complexity index is 1050. The average molecular weight is 345 g/mol. The second-order valence-electron chi connectivity index (χ2n) is 5.99. The van der Waals surface area contributed by atoms with Crippen molar-refractivity contribution in [2.75, 3.05) is 5.32 Å². The lowest BCUT2D eigenvalue weighted by molar-refractivity contribution is 0.0879. The minimum absolute atomic E-state index is 0.266. The molecule has 4 amide bonds. The van der Waals surface area contributed by atoms with Gasteiger partial charge in [-0.15, -0.1) is 0 Å². The van der Waals surface area contributed by atoms with E-state index in [1.165, 1.54) is 12.1 Å². The Morgan fingerprint density at radius 1 is 0.885 bits per heavy atom. The molecule has 26 heavy (non-hydrogen) atoms. The average Bonchev–Trinajstić information content (AvgIpc) is 2.93. The zero-order chi connectivity index (χ0) is 18.1. The van der Waals surface area contributed by atoms with Gasteiger partial charge >= 0.3 is 6.03 Å². The Labute approximate surface area is 149 Å². The maximum Gasteiger partial charge on any atom is 0.319 e. The number of amides is 4. The first kappa shape index (κ1) is 15.8. The number of rotatable bonds is 3. The molecule has 0 radical (unpaired) electrons. The van der Waals surface area contributed by atoms with E-state index < -0.39 is 11.8 Å². The van der Waals surface area contributed by atoms with Gasteiger partial charge in [-0.2, -0.15) is 0 Å².